The molecule has 0 saturated heterocycles. The Morgan fingerprint density at radius 3 is 2.33 bits per heavy atom. The number of hydrogen-bond donors (Lipinski definition) is 2. The van der Waals surface area contributed by atoms with Crippen LogP contribution >= 0.6 is 0 Å². The van der Waals surface area contributed by atoms with Crippen LogP contribution in [0, 0.1) is 0 Å². The summed E-state index contributed by atoms with van der Waals surface area (Å²) in [5.74, 6) is 0.784. The van der Waals surface area contributed by atoms with E-state index in [1.807, 2.05) is 13.8 Å². The van der Waals surface area contributed by atoms with E-state index in [1.165, 1.54) is 6.07 Å². The van der Waals surface area contributed by atoms with Crippen molar-refractivity contribution in [2.75, 3.05) is 13.2 Å². The quantitative estimate of drug-likeness (QED) is 0.779. The van der Waals surface area contributed by atoms with Crippen molar-refractivity contribution in [3.8, 4) is 17.2 Å². The van der Waals surface area contributed by atoms with E-state index in [1.54, 1.807) is 6.07 Å². The van der Waals surface area contributed by atoms with Crippen molar-refractivity contribution < 1.29 is 19.7 Å². The number of aromatic hydroxyl groups is 1. The Kier molecular flexibility index (Phi) is 4.24. The van der Waals surface area contributed by atoms with Gasteiger partial charge < -0.3 is 19.7 Å². The topological polar surface area (TPSA) is 58.9 Å². The zero-order valence-electron chi connectivity index (χ0n) is 8.99. The smallest absolute Gasteiger partial charge is 0.203 e. The molecule has 0 aromatic heterocycles. The summed E-state index contributed by atoms with van der Waals surface area (Å²) >= 11 is 0. The lowest BCUT2D eigenvalue weighted by molar-refractivity contribution is 0.265. The van der Waals surface area contributed by atoms with Crippen LogP contribution in [0.1, 0.15) is 19.4 Å². The molecule has 0 aliphatic carbocycles. The fourth-order valence-corrected chi connectivity index (χ4v) is 1.29. The number of ether oxygens (including phenoxy) is 2. The van der Waals surface area contributed by atoms with Gasteiger partial charge in [0.1, 0.15) is 0 Å². The first-order valence-electron chi connectivity index (χ1n) is 4.95. The molecule has 0 heterocycles. The molecule has 0 saturated carbocycles. The Bertz CT molecular complexity index is 323. The Morgan fingerprint density at radius 1 is 1.13 bits per heavy atom. The molecule has 1 rings (SSSR count). The lowest BCUT2D eigenvalue weighted by Crippen LogP contribution is -1.99. The first-order chi connectivity index (χ1) is 7.22. The Hall–Kier alpha value is -1.42. The molecule has 0 atom stereocenters. The standard InChI is InChI=1S/C11H16O4/c1-3-14-10-6-8(7-12)5-9(13)11(10)15-4-2/h5-6,12-13H,3-4,7H2,1-2H3. The number of rotatable bonds is 5. The van der Waals surface area contributed by atoms with E-state index >= 15 is 0 Å². The minimum Gasteiger partial charge on any atom is -0.504 e. The van der Waals surface area contributed by atoms with Crippen molar-refractivity contribution >= 4 is 0 Å². The van der Waals surface area contributed by atoms with Gasteiger partial charge in [0.2, 0.25) is 5.75 Å². The van der Waals surface area contributed by atoms with Crippen molar-refractivity contribution in [3.05, 3.63) is 17.7 Å². The summed E-state index contributed by atoms with van der Waals surface area (Å²) in [5, 5.41) is 18.6. The van der Waals surface area contributed by atoms with Crippen LogP contribution in [0.15, 0.2) is 12.1 Å². The highest BCUT2D eigenvalue weighted by atomic mass is 16.5. The predicted molar refractivity (Wildman–Crippen MR) is 56.4 cm³/mol. The van der Waals surface area contributed by atoms with Crippen LogP contribution in [-0.4, -0.2) is 23.4 Å². The van der Waals surface area contributed by atoms with Gasteiger partial charge in [-0.25, -0.2) is 0 Å². The van der Waals surface area contributed by atoms with Crippen LogP contribution in [0.2, 0.25) is 0 Å². The molecule has 2 N–H and O–H groups in total. The minimum atomic E-state index is -0.139. The molecule has 0 amide bonds. The summed E-state index contributed by atoms with van der Waals surface area (Å²) in [5.41, 5.74) is 0.597. The number of aliphatic hydroxyl groups is 1. The van der Waals surface area contributed by atoms with Crippen LogP contribution in [0.25, 0.3) is 0 Å². The van der Waals surface area contributed by atoms with Gasteiger partial charge in [-0.3, -0.25) is 0 Å². The molecule has 0 aliphatic rings. The van der Waals surface area contributed by atoms with E-state index < -0.39 is 0 Å². The molecule has 15 heavy (non-hydrogen) atoms. The number of benzene rings is 1. The normalized spacial score (nSPS) is 10.1. The number of phenolic OH excluding ortho intramolecular Hbond substituents is 1. The van der Waals surface area contributed by atoms with Crippen LogP contribution in [-0.2, 0) is 6.61 Å². The summed E-state index contributed by atoms with van der Waals surface area (Å²) < 4.78 is 10.6. The molecule has 1 aromatic carbocycles. The molecule has 0 unspecified atom stereocenters. The minimum absolute atomic E-state index is 0.00755. The van der Waals surface area contributed by atoms with Gasteiger partial charge >= 0.3 is 0 Å². The highest BCUT2D eigenvalue weighted by Gasteiger charge is 2.12. The summed E-state index contributed by atoms with van der Waals surface area (Å²) in [4.78, 5) is 0. The van der Waals surface area contributed by atoms with Crippen molar-refractivity contribution in [2.45, 2.75) is 20.5 Å². The van der Waals surface area contributed by atoms with Crippen LogP contribution < -0.4 is 9.47 Å². The second kappa shape index (κ2) is 5.46. The van der Waals surface area contributed by atoms with E-state index in [0.29, 0.717) is 30.3 Å². The zero-order chi connectivity index (χ0) is 11.3. The highest BCUT2D eigenvalue weighted by Crippen LogP contribution is 2.37. The monoisotopic (exact) mass is 212 g/mol. The van der Waals surface area contributed by atoms with Crippen LogP contribution in [0.4, 0.5) is 0 Å². The lowest BCUT2D eigenvalue weighted by Gasteiger charge is -2.13. The molecule has 0 spiro atoms. The number of aliphatic hydroxyl groups excluding tert-OH is 1. The maximum atomic E-state index is 9.64. The third kappa shape index (κ3) is 2.76. The molecule has 0 fully saturated rings. The summed E-state index contributed by atoms with van der Waals surface area (Å²) in [6, 6.07) is 3.13. The van der Waals surface area contributed by atoms with Gasteiger partial charge in [0.25, 0.3) is 0 Å². The van der Waals surface area contributed by atoms with E-state index in [2.05, 4.69) is 0 Å². The molecule has 4 nitrogen and oxygen atoms in total. The molecule has 0 radical (unpaired) electrons. The average Bonchev–Trinajstić information content (AvgIpc) is 2.23. The Balaban J connectivity index is 3.10. The molecule has 0 bridgehead atoms. The SMILES string of the molecule is CCOc1cc(CO)cc(O)c1OCC. The van der Waals surface area contributed by atoms with E-state index in [0.717, 1.165) is 0 Å². The number of hydrogen-bond acceptors (Lipinski definition) is 4. The van der Waals surface area contributed by atoms with Gasteiger partial charge in [0.05, 0.1) is 19.8 Å². The van der Waals surface area contributed by atoms with Crippen molar-refractivity contribution in [2.24, 2.45) is 0 Å². The molecule has 0 aliphatic heterocycles. The van der Waals surface area contributed by atoms with Crippen molar-refractivity contribution in [1.29, 1.82) is 0 Å². The summed E-state index contributed by atoms with van der Waals surface area (Å²) in [6.45, 7) is 4.47. The average molecular weight is 212 g/mol. The summed E-state index contributed by atoms with van der Waals surface area (Å²) in [7, 11) is 0. The van der Waals surface area contributed by atoms with Gasteiger partial charge in [-0.1, -0.05) is 0 Å². The Labute approximate surface area is 89.1 Å². The highest BCUT2D eigenvalue weighted by molar-refractivity contribution is 5.53. The Morgan fingerprint density at radius 2 is 1.80 bits per heavy atom. The van der Waals surface area contributed by atoms with E-state index in [9.17, 15) is 5.11 Å². The largest absolute Gasteiger partial charge is 0.504 e. The lowest BCUT2D eigenvalue weighted by atomic mass is 10.2. The van der Waals surface area contributed by atoms with Gasteiger partial charge in [-0.2, -0.15) is 0 Å². The second-order valence-corrected chi connectivity index (χ2v) is 2.97. The van der Waals surface area contributed by atoms with Crippen LogP contribution in [0.5, 0.6) is 17.2 Å². The van der Waals surface area contributed by atoms with Gasteiger partial charge in [0.15, 0.2) is 11.5 Å². The fourth-order valence-electron chi connectivity index (χ4n) is 1.29. The van der Waals surface area contributed by atoms with Crippen molar-refractivity contribution in [1.82, 2.24) is 0 Å². The first kappa shape index (κ1) is 11.7. The maximum Gasteiger partial charge on any atom is 0.203 e. The van der Waals surface area contributed by atoms with Crippen molar-refractivity contribution in [3.63, 3.8) is 0 Å². The third-order valence-corrected chi connectivity index (χ3v) is 1.87. The molecular formula is C11H16O4. The molecular weight excluding hydrogens is 196 g/mol. The summed E-state index contributed by atoms with van der Waals surface area (Å²) in [6.07, 6.45) is 0. The molecule has 1 aromatic rings. The maximum absolute atomic E-state index is 9.64. The fraction of sp³-hybridized carbons (Fsp3) is 0.455. The molecule has 4 heteroatoms. The van der Waals surface area contributed by atoms with E-state index in [4.69, 9.17) is 14.6 Å². The first-order valence-corrected chi connectivity index (χ1v) is 4.95. The van der Waals surface area contributed by atoms with E-state index in [-0.39, 0.29) is 12.4 Å². The predicted octanol–water partition coefficient (Wildman–Crippen LogP) is 1.68. The second-order valence-electron chi connectivity index (χ2n) is 2.97. The molecule has 84 valence electrons. The third-order valence-electron chi connectivity index (χ3n) is 1.87. The number of phenols is 1. The zero-order valence-corrected chi connectivity index (χ0v) is 8.99. The van der Waals surface area contributed by atoms with Gasteiger partial charge in [0, 0.05) is 0 Å². The van der Waals surface area contributed by atoms with Crippen LogP contribution in [0.3, 0.4) is 0 Å². The van der Waals surface area contributed by atoms with Gasteiger partial charge in [-0.15, -0.1) is 0 Å². The van der Waals surface area contributed by atoms with Gasteiger partial charge in [-0.05, 0) is 31.5 Å².